The number of ether oxygens (including phenoxy) is 1. The van der Waals surface area contributed by atoms with E-state index in [1.807, 2.05) is 0 Å². The number of hydrogen-bond donors (Lipinski definition) is 1. The highest BCUT2D eigenvalue weighted by Gasteiger charge is 2.31. The second-order valence-electron chi connectivity index (χ2n) is 3.92. The molecule has 21 heavy (non-hydrogen) atoms. The lowest BCUT2D eigenvalue weighted by atomic mass is 10.0. The fraction of sp³-hybridized carbons (Fsp3) is 0.385. The van der Waals surface area contributed by atoms with Crippen molar-refractivity contribution in [2.24, 2.45) is 0 Å². The van der Waals surface area contributed by atoms with E-state index in [1.165, 1.54) is 6.07 Å². The molecule has 0 atom stereocenters. The number of esters is 1. The summed E-state index contributed by atoms with van der Waals surface area (Å²) in [6.45, 7) is 1.15. The fourth-order valence-corrected chi connectivity index (χ4v) is 2.32. The van der Waals surface area contributed by atoms with Crippen LogP contribution in [0.25, 0.3) is 0 Å². The predicted octanol–water partition coefficient (Wildman–Crippen LogP) is 2.77. The summed E-state index contributed by atoms with van der Waals surface area (Å²) in [7, 11) is 0. The molecule has 0 aromatic heterocycles. The summed E-state index contributed by atoms with van der Waals surface area (Å²) >= 11 is -0.408. The molecule has 0 aliphatic carbocycles. The molecule has 8 heteroatoms. The molecule has 1 N–H and O–H groups in total. The summed E-state index contributed by atoms with van der Waals surface area (Å²) in [4.78, 5) is 11.2. The minimum absolute atomic E-state index is 0.00984. The maximum absolute atomic E-state index is 12.4. The Morgan fingerprint density at radius 2 is 2.10 bits per heavy atom. The molecule has 114 valence electrons. The van der Waals surface area contributed by atoms with Gasteiger partial charge < -0.3 is 9.84 Å². The number of carbonyl (C=O) groups excluding carboxylic acids is 1. The van der Waals surface area contributed by atoms with E-state index in [2.05, 4.69) is 0 Å². The Morgan fingerprint density at radius 3 is 2.57 bits per heavy atom. The molecule has 1 rings (SSSR count). The first-order valence-corrected chi connectivity index (χ1v) is 6.70. The highest BCUT2D eigenvalue weighted by molar-refractivity contribution is 8.00. The zero-order valence-corrected chi connectivity index (χ0v) is 11.8. The van der Waals surface area contributed by atoms with Gasteiger partial charge in [-0.15, -0.1) is 0 Å². The molecule has 0 saturated carbocycles. The third kappa shape index (κ3) is 5.28. The molecule has 0 heterocycles. The van der Waals surface area contributed by atoms with Gasteiger partial charge in [0.25, 0.3) is 0 Å². The minimum Gasteiger partial charge on any atom is -0.466 e. The number of aliphatic hydroxyl groups is 1. The number of alkyl halides is 3. The molecular weight excluding hydrogens is 307 g/mol. The number of halogens is 3. The summed E-state index contributed by atoms with van der Waals surface area (Å²) in [5.41, 5.74) is -4.34. The van der Waals surface area contributed by atoms with E-state index >= 15 is 0 Å². The third-order valence-electron chi connectivity index (χ3n) is 2.44. The van der Waals surface area contributed by atoms with Crippen molar-refractivity contribution in [1.29, 1.82) is 5.26 Å². The van der Waals surface area contributed by atoms with E-state index in [4.69, 9.17) is 15.1 Å². The van der Waals surface area contributed by atoms with Gasteiger partial charge in [0.1, 0.15) is 0 Å². The molecule has 0 saturated heterocycles. The smallest absolute Gasteiger partial charge is 0.446 e. The van der Waals surface area contributed by atoms with Gasteiger partial charge in [-0.05, 0) is 35.9 Å². The summed E-state index contributed by atoms with van der Waals surface area (Å²) in [5.74, 6) is -0.589. The summed E-state index contributed by atoms with van der Waals surface area (Å²) in [6.07, 6.45) is -0.235. The Labute approximate surface area is 123 Å². The molecule has 0 aliphatic rings. The minimum atomic E-state index is -4.53. The van der Waals surface area contributed by atoms with Crippen LogP contribution in [0, 0.1) is 11.3 Å². The van der Waals surface area contributed by atoms with Gasteiger partial charge in [-0.3, -0.25) is 4.79 Å². The monoisotopic (exact) mass is 319 g/mol. The van der Waals surface area contributed by atoms with Gasteiger partial charge in [-0.25, -0.2) is 0 Å². The van der Waals surface area contributed by atoms with Gasteiger partial charge in [0.2, 0.25) is 0 Å². The van der Waals surface area contributed by atoms with Crippen LogP contribution < -0.4 is 0 Å². The largest absolute Gasteiger partial charge is 0.466 e. The second kappa shape index (κ2) is 7.33. The van der Waals surface area contributed by atoms with Gasteiger partial charge in [-0.1, -0.05) is 6.07 Å². The fourth-order valence-electron chi connectivity index (χ4n) is 1.64. The number of nitriles is 1. The molecule has 1 aromatic carbocycles. The lowest BCUT2D eigenvalue weighted by Crippen LogP contribution is -2.10. The van der Waals surface area contributed by atoms with Crippen molar-refractivity contribution in [3.8, 4) is 6.07 Å². The van der Waals surface area contributed by atoms with E-state index in [-0.39, 0.29) is 34.6 Å². The van der Waals surface area contributed by atoms with Crippen molar-refractivity contribution >= 4 is 17.7 Å². The quantitative estimate of drug-likeness (QED) is 0.667. The molecule has 0 radical (unpaired) electrons. The maximum atomic E-state index is 12.4. The van der Waals surface area contributed by atoms with Crippen molar-refractivity contribution in [2.45, 2.75) is 30.4 Å². The molecule has 0 spiro atoms. The number of benzene rings is 1. The zero-order chi connectivity index (χ0) is 16.0. The molecule has 0 unspecified atom stereocenters. The molecule has 0 amide bonds. The lowest BCUT2D eigenvalue weighted by Gasteiger charge is -2.13. The highest BCUT2D eigenvalue weighted by atomic mass is 32.2. The van der Waals surface area contributed by atoms with Crippen LogP contribution in [0.4, 0.5) is 13.2 Å². The van der Waals surface area contributed by atoms with Crippen molar-refractivity contribution in [1.82, 2.24) is 0 Å². The van der Waals surface area contributed by atoms with E-state index in [0.717, 1.165) is 6.07 Å². The Hall–Kier alpha value is -1.72. The first kappa shape index (κ1) is 17.3. The SMILES string of the molecule is CCOC(=O)Cc1cc(CO)c(SC(F)(F)F)cc1C#N. The van der Waals surface area contributed by atoms with Crippen molar-refractivity contribution in [3.05, 3.63) is 28.8 Å². The Morgan fingerprint density at radius 1 is 1.43 bits per heavy atom. The van der Waals surface area contributed by atoms with Crippen LogP contribution in [0.1, 0.15) is 23.6 Å². The number of aliphatic hydroxyl groups excluding tert-OH is 1. The first-order chi connectivity index (χ1) is 9.80. The Balaban J connectivity index is 3.17. The normalized spacial score (nSPS) is 11.0. The Bertz CT molecular complexity index is 567. The van der Waals surface area contributed by atoms with E-state index in [9.17, 15) is 18.0 Å². The van der Waals surface area contributed by atoms with Crippen LogP contribution >= 0.6 is 11.8 Å². The summed E-state index contributed by atoms with van der Waals surface area (Å²) < 4.78 is 42.0. The lowest BCUT2D eigenvalue weighted by molar-refractivity contribution is -0.142. The van der Waals surface area contributed by atoms with Gasteiger partial charge >= 0.3 is 11.5 Å². The third-order valence-corrected chi connectivity index (χ3v) is 3.27. The van der Waals surface area contributed by atoms with E-state index < -0.39 is 29.8 Å². The van der Waals surface area contributed by atoms with Gasteiger partial charge in [0, 0.05) is 4.90 Å². The average molecular weight is 319 g/mol. The van der Waals surface area contributed by atoms with Crippen LogP contribution in [0.3, 0.4) is 0 Å². The van der Waals surface area contributed by atoms with Crippen LogP contribution in [0.5, 0.6) is 0 Å². The second-order valence-corrected chi connectivity index (χ2v) is 5.02. The summed E-state index contributed by atoms with van der Waals surface area (Å²) in [5, 5.41) is 18.2. The average Bonchev–Trinajstić information content (AvgIpc) is 2.38. The zero-order valence-electron chi connectivity index (χ0n) is 11.0. The van der Waals surface area contributed by atoms with Gasteiger partial charge in [0.05, 0.1) is 31.3 Å². The predicted molar refractivity (Wildman–Crippen MR) is 69.3 cm³/mol. The molecule has 4 nitrogen and oxygen atoms in total. The molecule has 1 aromatic rings. The van der Waals surface area contributed by atoms with E-state index in [1.54, 1.807) is 13.0 Å². The number of rotatable bonds is 5. The van der Waals surface area contributed by atoms with Crippen molar-refractivity contribution < 1.29 is 27.8 Å². The van der Waals surface area contributed by atoms with Gasteiger partial charge in [0.15, 0.2) is 0 Å². The molecule has 0 aliphatic heterocycles. The number of nitrogens with zero attached hydrogens (tertiary/aromatic N) is 1. The van der Waals surface area contributed by atoms with Crippen molar-refractivity contribution in [2.75, 3.05) is 6.61 Å². The van der Waals surface area contributed by atoms with Crippen LogP contribution in [0.2, 0.25) is 0 Å². The standard InChI is InChI=1S/C13H12F3NO3S/c1-2-20-12(19)5-8-3-10(7-18)11(4-9(8)6-17)21-13(14,15)16/h3-4,18H,2,5,7H2,1H3. The summed E-state index contributed by atoms with van der Waals surface area (Å²) in [6, 6.07) is 4.00. The topological polar surface area (TPSA) is 70.3 Å². The maximum Gasteiger partial charge on any atom is 0.446 e. The molecule has 0 bridgehead atoms. The van der Waals surface area contributed by atoms with Crippen LogP contribution in [-0.4, -0.2) is 23.2 Å². The highest BCUT2D eigenvalue weighted by Crippen LogP contribution is 2.39. The Kier molecular flexibility index (Phi) is 6.05. The number of hydrogen-bond acceptors (Lipinski definition) is 5. The number of thioether (sulfide) groups is 1. The van der Waals surface area contributed by atoms with Gasteiger partial charge in [-0.2, -0.15) is 18.4 Å². The molecular formula is C13H12F3NO3S. The van der Waals surface area contributed by atoms with Crippen LogP contribution in [0.15, 0.2) is 17.0 Å². The molecule has 0 fully saturated rings. The number of carbonyl (C=O) groups is 1. The van der Waals surface area contributed by atoms with Crippen LogP contribution in [-0.2, 0) is 22.6 Å². The van der Waals surface area contributed by atoms with Crippen molar-refractivity contribution in [3.63, 3.8) is 0 Å². The van der Waals surface area contributed by atoms with E-state index in [0.29, 0.717) is 0 Å². The first-order valence-electron chi connectivity index (χ1n) is 5.88.